The van der Waals surface area contributed by atoms with Crippen LogP contribution in [0, 0.1) is 0 Å². The SMILES string of the molecule is c1ccc(-c2nc(-n3c4ccccc4c4cc5ccc6ccccc6c5cc43)nc3ccccc23)cc1. The molecule has 0 fully saturated rings. The molecule has 0 aliphatic heterocycles. The van der Waals surface area contributed by atoms with Gasteiger partial charge in [0.25, 0.3) is 0 Å². The average Bonchev–Trinajstić information content (AvgIpc) is 3.29. The second-order valence-corrected chi connectivity index (χ2v) is 9.49. The van der Waals surface area contributed by atoms with Gasteiger partial charge in [0.2, 0.25) is 5.95 Å². The molecule has 8 aromatic rings. The Morgan fingerprint density at radius 3 is 2.03 bits per heavy atom. The van der Waals surface area contributed by atoms with Crippen molar-refractivity contribution in [2.24, 2.45) is 0 Å². The lowest BCUT2D eigenvalue weighted by molar-refractivity contribution is 1.01. The predicted octanol–water partition coefficient (Wildman–Crippen LogP) is 8.70. The summed E-state index contributed by atoms with van der Waals surface area (Å²) in [6.07, 6.45) is 0. The molecule has 0 saturated carbocycles. The summed E-state index contributed by atoms with van der Waals surface area (Å²) >= 11 is 0. The van der Waals surface area contributed by atoms with Crippen LogP contribution in [-0.2, 0) is 0 Å². The smallest absolute Gasteiger partial charge is 0.235 e. The highest BCUT2D eigenvalue weighted by molar-refractivity contribution is 6.18. The molecule has 0 bridgehead atoms. The van der Waals surface area contributed by atoms with Crippen LogP contribution in [-0.4, -0.2) is 14.5 Å². The highest BCUT2D eigenvalue weighted by Crippen LogP contribution is 2.37. The molecule has 0 saturated heterocycles. The Labute approximate surface area is 213 Å². The van der Waals surface area contributed by atoms with Crippen LogP contribution in [0.3, 0.4) is 0 Å². The summed E-state index contributed by atoms with van der Waals surface area (Å²) < 4.78 is 2.23. The van der Waals surface area contributed by atoms with Gasteiger partial charge in [0, 0.05) is 21.7 Å². The minimum absolute atomic E-state index is 0.684. The Morgan fingerprint density at radius 1 is 0.432 bits per heavy atom. The van der Waals surface area contributed by atoms with Crippen LogP contribution in [0.5, 0.6) is 0 Å². The van der Waals surface area contributed by atoms with Crippen LogP contribution in [0.4, 0.5) is 0 Å². The lowest BCUT2D eigenvalue weighted by atomic mass is 10.00. The summed E-state index contributed by atoms with van der Waals surface area (Å²) in [7, 11) is 0. The summed E-state index contributed by atoms with van der Waals surface area (Å²) in [5.74, 6) is 0.684. The number of benzene rings is 6. The van der Waals surface area contributed by atoms with Crippen molar-refractivity contribution in [2.75, 3.05) is 0 Å². The fourth-order valence-corrected chi connectivity index (χ4v) is 5.67. The van der Waals surface area contributed by atoms with Crippen molar-refractivity contribution >= 4 is 54.3 Å². The number of para-hydroxylation sites is 2. The van der Waals surface area contributed by atoms with Crippen molar-refractivity contribution in [1.29, 1.82) is 0 Å². The Bertz CT molecular complexity index is 2140. The number of nitrogens with zero attached hydrogens (tertiary/aromatic N) is 3. The van der Waals surface area contributed by atoms with Gasteiger partial charge in [-0.05, 0) is 45.8 Å². The molecule has 8 rings (SSSR count). The first-order valence-corrected chi connectivity index (χ1v) is 12.5. The van der Waals surface area contributed by atoms with E-state index in [1.165, 1.54) is 32.3 Å². The first-order chi connectivity index (χ1) is 18.3. The molecule has 0 aliphatic rings. The van der Waals surface area contributed by atoms with Gasteiger partial charge >= 0.3 is 0 Å². The van der Waals surface area contributed by atoms with Gasteiger partial charge in [-0.25, -0.2) is 9.97 Å². The largest absolute Gasteiger partial charge is 0.278 e. The average molecular weight is 472 g/mol. The molecule has 6 aromatic carbocycles. The fraction of sp³-hybridized carbons (Fsp3) is 0. The third kappa shape index (κ3) is 3.01. The molecule has 0 aliphatic carbocycles. The second kappa shape index (κ2) is 7.74. The van der Waals surface area contributed by atoms with Crippen LogP contribution < -0.4 is 0 Å². The molecule has 0 unspecified atom stereocenters. The molecule has 2 aromatic heterocycles. The van der Waals surface area contributed by atoms with Crippen molar-refractivity contribution in [3.8, 4) is 17.2 Å². The number of rotatable bonds is 2. The summed E-state index contributed by atoms with van der Waals surface area (Å²) in [5.41, 5.74) is 5.17. The van der Waals surface area contributed by atoms with Gasteiger partial charge in [0.05, 0.1) is 22.2 Å². The molecule has 3 nitrogen and oxygen atoms in total. The molecule has 3 heteroatoms. The van der Waals surface area contributed by atoms with E-state index in [1.807, 2.05) is 12.1 Å². The predicted molar refractivity (Wildman–Crippen MR) is 154 cm³/mol. The van der Waals surface area contributed by atoms with E-state index in [0.29, 0.717) is 5.95 Å². The zero-order chi connectivity index (χ0) is 24.3. The maximum Gasteiger partial charge on any atom is 0.235 e. The number of fused-ring (bicyclic) bond motifs is 7. The third-order valence-electron chi connectivity index (χ3n) is 7.38. The van der Waals surface area contributed by atoms with Gasteiger partial charge in [-0.3, -0.25) is 4.57 Å². The van der Waals surface area contributed by atoms with Crippen LogP contribution in [0.1, 0.15) is 0 Å². The first-order valence-electron chi connectivity index (χ1n) is 12.5. The summed E-state index contributed by atoms with van der Waals surface area (Å²) in [6, 6.07) is 44.9. The van der Waals surface area contributed by atoms with Gasteiger partial charge in [0.15, 0.2) is 0 Å². The Balaban J connectivity index is 1.53. The maximum absolute atomic E-state index is 5.21. The van der Waals surface area contributed by atoms with Gasteiger partial charge in [0.1, 0.15) is 0 Å². The normalized spacial score (nSPS) is 11.8. The number of aromatic nitrogens is 3. The first kappa shape index (κ1) is 20.2. The fourth-order valence-electron chi connectivity index (χ4n) is 5.67. The standard InChI is InChI=1S/C34H21N3/c1-2-11-23(12-3-1)33-27-15-6-8-16-30(27)35-34(36-33)37-31-17-9-7-14-26(31)29-20-24-19-18-22-10-4-5-13-25(22)28(24)21-32(29)37/h1-21H. The summed E-state index contributed by atoms with van der Waals surface area (Å²) in [5, 5.41) is 8.42. The molecule has 0 amide bonds. The maximum atomic E-state index is 5.21. The summed E-state index contributed by atoms with van der Waals surface area (Å²) in [4.78, 5) is 10.3. The third-order valence-corrected chi connectivity index (χ3v) is 7.38. The molecular formula is C34H21N3. The monoisotopic (exact) mass is 471 g/mol. The van der Waals surface area contributed by atoms with Crippen molar-refractivity contribution in [2.45, 2.75) is 0 Å². The Kier molecular flexibility index (Phi) is 4.23. The van der Waals surface area contributed by atoms with E-state index in [9.17, 15) is 0 Å². The number of hydrogen-bond acceptors (Lipinski definition) is 2. The zero-order valence-electron chi connectivity index (χ0n) is 20.0. The minimum Gasteiger partial charge on any atom is -0.278 e. The molecular weight excluding hydrogens is 450 g/mol. The van der Waals surface area contributed by atoms with Crippen LogP contribution >= 0.6 is 0 Å². The van der Waals surface area contributed by atoms with E-state index in [1.54, 1.807) is 0 Å². The van der Waals surface area contributed by atoms with Gasteiger partial charge in [-0.2, -0.15) is 0 Å². The number of hydrogen-bond donors (Lipinski definition) is 0. The van der Waals surface area contributed by atoms with E-state index in [0.717, 1.165) is 33.2 Å². The van der Waals surface area contributed by atoms with E-state index < -0.39 is 0 Å². The molecule has 2 heterocycles. The highest BCUT2D eigenvalue weighted by Gasteiger charge is 2.18. The van der Waals surface area contributed by atoms with Crippen molar-refractivity contribution in [3.05, 3.63) is 127 Å². The van der Waals surface area contributed by atoms with E-state index in [-0.39, 0.29) is 0 Å². The molecule has 37 heavy (non-hydrogen) atoms. The van der Waals surface area contributed by atoms with Crippen LogP contribution in [0.25, 0.3) is 71.5 Å². The van der Waals surface area contributed by atoms with E-state index >= 15 is 0 Å². The van der Waals surface area contributed by atoms with Gasteiger partial charge in [-0.1, -0.05) is 103 Å². The topological polar surface area (TPSA) is 30.7 Å². The minimum atomic E-state index is 0.684. The van der Waals surface area contributed by atoms with Gasteiger partial charge < -0.3 is 0 Å². The van der Waals surface area contributed by atoms with E-state index in [4.69, 9.17) is 9.97 Å². The molecule has 0 radical (unpaired) electrons. The second-order valence-electron chi connectivity index (χ2n) is 9.49. The van der Waals surface area contributed by atoms with Crippen molar-refractivity contribution in [1.82, 2.24) is 14.5 Å². The zero-order valence-corrected chi connectivity index (χ0v) is 20.0. The molecule has 0 N–H and O–H groups in total. The lowest BCUT2D eigenvalue weighted by Crippen LogP contribution is -2.03. The van der Waals surface area contributed by atoms with Crippen LogP contribution in [0.2, 0.25) is 0 Å². The molecule has 0 spiro atoms. The Morgan fingerprint density at radius 2 is 1.14 bits per heavy atom. The highest BCUT2D eigenvalue weighted by atomic mass is 15.2. The molecule has 172 valence electrons. The summed E-state index contributed by atoms with van der Waals surface area (Å²) in [6.45, 7) is 0. The van der Waals surface area contributed by atoms with Crippen molar-refractivity contribution in [3.63, 3.8) is 0 Å². The van der Waals surface area contributed by atoms with E-state index in [2.05, 4.69) is 120 Å². The van der Waals surface area contributed by atoms with Crippen LogP contribution in [0.15, 0.2) is 127 Å². The lowest BCUT2D eigenvalue weighted by Gasteiger charge is -2.12. The quantitative estimate of drug-likeness (QED) is 0.236. The Hall–Kier alpha value is -5.02. The van der Waals surface area contributed by atoms with Gasteiger partial charge in [-0.15, -0.1) is 0 Å². The van der Waals surface area contributed by atoms with Crippen molar-refractivity contribution < 1.29 is 0 Å². The molecule has 0 atom stereocenters.